The number of hydrogen-bond donors (Lipinski definition) is 3. The fourth-order valence-corrected chi connectivity index (χ4v) is 16.4. The fraction of sp³-hybridized carbons (Fsp3) is 0.547. The Labute approximate surface area is 498 Å². The van der Waals surface area contributed by atoms with E-state index in [9.17, 15) is 48.9 Å². The molecule has 87 heavy (non-hydrogen) atoms. The molecule has 13 rings (SSSR count). The van der Waals surface area contributed by atoms with Crippen molar-refractivity contribution >= 4 is 56.7 Å². The van der Waals surface area contributed by atoms with E-state index in [0.29, 0.717) is 87.4 Å². The number of aliphatic hydroxyl groups excluding tert-OH is 1. The number of pyridine rings is 2. The van der Waals surface area contributed by atoms with Crippen LogP contribution in [0.4, 0.5) is 20.2 Å². The summed E-state index contributed by atoms with van der Waals surface area (Å²) in [4.78, 5) is 101. The van der Waals surface area contributed by atoms with E-state index in [2.05, 4.69) is 9.80 Å². The van der Waals surface area contributed by atoms with Gasteiger partial charge in [-0.05, 0) is 108 Å². The van der Waals surface area contributed by atoms with Crippen LogP contribution in [0.25, 0.3) is 21.8 Å². The summed E-state index contributed by atoms with van der Waals surface area (Å²) in [5.41, 5.74) is -4.07. The van der Waals surface area contributed by atoms with E-state index in [1.165, 1.54) is 26.6 Å². The largest absolute Gasteiger partial charge is 0.519 e. The van der Waals surface area contributed by atoms with Gasteiger partial charge in [0, 0.05) is 92.6 Å². The zero-order valence-electron chi connectivity index (χ0n) is 49.6. The minimum atomic E-state index is -1.93. The van der Waals surface area contributed by atoms with Crippen LogP contribution in [0.2, 0.25) is 0 Å². The molecule has 0 bridgehead atoms. The highest BCUT2D eigenvalue weighted by Crippen LogP contribution is 2.67. The SMILES string of the molecule is COc1c(N2CCN(Cc3oc(=O)oc3CN3CCN(c4c(F)cc5c(=O)c(C(=O)OCC(=O)[C@@]6(O)CC[C@H]7[C@@H]8CCC9=CC(=O)C=C[C@]9(C)[C@H]8[C@@H](O)C[C@@]76C)cn(C6CC6)c5c4OC)CC3C)C(C)C2)c(F)cc2c(=O)c(C(=O)O)cn(C3CC3)c12. The van der Waals surface area contributed by atoms with Gasteiger partial charge in [-0.25, -0.2) is 23.2 Å². The molecule has 5 saturated carbocycles. The summed E-state index contributed by atoms with van der Waals surface area (Å²) in [7, 11) is 2.79. The van der Waals surface area contributed by atoms with Crippen molar-refractivity contribution in [2.75, 3.05) is 69.9 Å². The van der Waals surface area contributed by atoms with Crippen molar-refractivity contribution in [2.24, 2.45) is 28.6 Å². The minimum Gasteiger partial charge on any atom is -0.492 e. The van der Waals surface area contributed by atoms with E-state index in [1.54, 1.807) is 21.3 Å². The van der Waals surface area contributed by atoms with Crippen LogP contribution in [0.15, 0.2) is 71.5 Å². The Morgan fingerprint density at radius 1 is 0.747 bits per heavy atom. The molecule has 21 nitrogen and oxygen atoms in total. The van der Waals surface area contributed by atoms with Gasteiger partial charge in [-0.15, -0.1) is 0 Å². The number of rotatable bonds is 15. The minimum absolute atomic E-state index is 0.0390. The number of fused-ring (bicyclic) bond motifs is 7. The van der Waals surface area contributed by atoms with Crippen LogP contribution in [-0.4, -0.2) is 142 Å². The zero-order valence-corrected chi connectivity index (χ0v) is 49.6. The maximum absolute atomic E-state index is 16.9. The van der Waals surface area contributed by atoms with Gasteiger partial charge < -0.3 is 57.3 Å². The number of anilines is 2. The molecule has 0 spiro atoms. The molecule has 2 aromatic carbocycles. The Hall–Kier alpha value is -7.47. The number of hydrogen-bond acceptors (Lipinski definition) is 18. The zero-order chi connectivity index (χ0) is 61.5. The van der Waals surface area contributed by atoms with Crippen LogP contribution in [0.1, 0.15) is 130 Å². The fourth-order valence-electron chi connectivity index (χ4n) is 16.4. The van der Waals surface area contributed by atoms with Gasteiger partial charge in [0.25, 0.3) is 0 Å². The second kappa shape index (κ2) is 21.4. The highest BCUT2D eigenvalue weighted by atomic mass is 19.1. The molecule has 2 saturated heterocycles. The molecule has 2 aliphatic heterocycles. The third-order valence-corrected chi connectivity index (χ3v) is 21.2. The number of carboxylic acid groups (broad SMARTS) is 1. The molecule has 9 atom stereocenters. The van der Waals surface area contributed by atoms with Gasteiger partial charge in [-0.3, -0.25) is 29.0 Å². The van der Waals surface area contributed by atoms with Crippen LogP contribution in [0.5, 0.6) is 11.5 Å². The maximum atomic E-state index is 16.9. The number of halogens is 2. The molecule has 5 aromatic rings. The number of carbonyl (C=O) groups is 4. The van der Waals surface area contributed by atoms with Gasteiger partial charge in [0.1, 0.15) is 28.1 Å². The first kappa shape index (κ1) is 58.5. The average molecular weight is 1200 g/mol. The maximum Gasteiger partial charge on any atom is 0.519 e. The second-order valence-corrected chi connectivity index (χ2v) is 26.0. The number of methoxy groups -OCH3 is 2. The molecule has 5 heterocycles. The number of ketones is 2. The van der Waals surface area contributed by atoms with Crippen LogP contribution < -0.4 is 36.0 Å². The first-order chi connectivity index (χ1) is 41.5. The number of esters is 1. The lowest BCUT2D eigenvalue weighted by Crippen LogP contribution is -2.61. The Kier molecular flexibility index (Phi) is 14.4. The van der Waals surface area contributed by atoms with Crippen LogP contribution >= 0.6 is 0 Å². The molecule has 7 fully saturated rings. The predicted octanol–water partition coefficient (Wildman–Crippen LogP) is 6.68. The number of Topliss-reactive ketones (excluding diaryl/α,β-unsaturated/α-hetero) is 1. The summed E-state index contributed by atoms with van der Waals surface area (Å²) in [5, 5.41) is 33.8. The lowest BCUT2D eigenvalue weighted by Gasteiger charge is -2.59. The van der Waals surface area contributed by atoms with Gasteiger partial charge in [-0.1, -0.05) is 25.5 Å². The number of piperazine rings is 2. The predicted molar refractivity (Wildman–Crippen MR) is 313 cm³/mol. The summed E-state index contributed by atoms with van der Waals surface area (Å²) in [6.45, 7) is 9.35. The molecule has 462 valence electrons. The number of nitrogens with zero attached hydrogens (tertiary/aromatic N) is 6. The van der Waals surface area contributed by atoms with E-state index in [4.69, 9.17) is 23.0 Å². The van der Waals surface area contributed by atoms with E-state index >= 15 is 8.78 Å². The van der Waals surface area contributed by atoms with Crippen molar-refractivity contribution in [2.45, 2.75) is 134 Å². The van der Waals surface area contributed by atoms with Crippen LogP contribution in [0, 0.1) is 40.2 Å². The van der Waals surface area contributed by atoms with Crippen molar-refractivity contribution in [1.82, 2.24) is 18.9 Å². The molecule has 6 aliphatic carbocycles. The first-order valence-corrected chi connectivity index (χ1v) is 30.3. The van der Waals surface area contributed by atoms with Crippen molar-refractivity contribution in [3.05, 3.63) is 114 Å². The van der Waals surface area contributed by atoms with Gasteiger partial charge >= 0.3 is 17.8 Å². The molecular formula is C64H72F2N6O15. The lowest BCUT2D eigenvalue weighted by molar-refractivity contribution is -0.178. The highest BCUT2D eigenvalue weighted by Gasteiger charge is 2.68. The third-order valence-electron chi connectivity index (χ3n) is 21.2. The molecule has 3 N–H and O–H groups in total. The third kappa shape index (κ3) is 9.46. The summed E-state index contributed by atoms with van der Waals surface area (Å²) in [6.07, 6.45) is 12.0. The number of ether oxygens (including phenoxy) is 3. The molecule has 23 heteroatoms. The standard InChI is InChI=1S/C64H72F2N6O15/c1-32-25-69(53-44(65)22-39-51(57(53)83-5)71(35-8-9-35)27-41(55(39)76)59(78)79)19-17-67(32)29-47-48(87-61(81)86-47)30-68-18-20-70(26-33(68)2)54-45(66)23-40-52(58(54)84-6)72(36-10-11-36)28-42(56(40)77)60(80)85-31-49(75)64(82)16-14-43-38-12-7-34-21-37(73)13-15-62(34,3)50(38)46(74)24-63(43,64)4/h13,15,21-23,27-28,32-33,35-36,38,43,46,50,74,82H,7-12,14,16-20,24-26,29-31H2,1-6H3,(H,78,79)/t32?,33?,38-,43-,46-,50+,62-,63-,64-/m0/s1. The van der Waals surface area contributed by atoms with Gasteiger partial charge in [0.2, 0.25) is 16.6 Å². The smallest absolute Gasteiger partial charge is 0.492 e. The molecule has 2 unspecified atom stereocenters. The Bertz CT molecular complexity index is 3990. The van der Waals surface area contributed by atoms with Gasteiger partial charge in [-0.2, -0.15) is 0 Å². The monoisotopic (exact) mass is 1200 g/mol. The normalized spacial score (nSPS) is 29.2. The number of benzene rings is 2. The quantitative estimate of drug-likeness (QED) is 0.0923. The number of aromatic nitrogens is 2. The van der Waals surface area contributed by atoms with E-state index in [-0.39, 0.29) is 114 Å². The summed E-state index contributed by atoms with van der Waals surface area (Å²) < 4.78 is 65.3. The number of carbonyl (C=O) groups excluding carboxylic acids is 3. The molecule has 0 amide bonds. The Morgan fingerprint density at radius 2 is 1.28 bits per heavy atom. The van der Waals surface area contributed by atoms with Crippen molar-refractivity contribution in [3.8, 4) is 11.5 Å². The Morgan fingerprint density at radius 3 is 1.78 bits per heavy atom. The van der Waals surface area contributed by atoms with E-state index in [0.717, 1.165) is 30.5 Å². The first-order valence-electron chi connectivity index (χ1n) is 30.3. The van der Waals surface area contributed by atoms with Gasteiger partial charge in [0.05, 0.1) is 55.2 Å². The summed E-state index contributed by atoms with van der Waals surface area (Å²) in [6, 6.07) is 1.52. The van der Waals surface area contributed by atoms with E-state index < -0.39 is 86.3 Å². The Balaban J connectivity index is 0.683. The molecule has 0 radical (unpaired) electrons. The molecule has 8 aliphatic rings. The number of allylic oxidation sites excluding steroid dienone is 4. The van der Waals surface area contributed by atoms with Gasteiger partial charge in [0.15, 0.2) is 47.0 Å². The second-order valence-electron chi connectivity index (χ2n) is 26.0. The number of carboxylic acids is 1. The topological polar surface area (TPSA) is 257 Å². The molecular weight excluding hydrogens is 1130 g/mol. The number of aliphatic hydroxyl groups is 2. The number of aromatic carboxylic acids is 1. The van der Waals surface area contributed by atoms with Crippen molar-refractivity contribution < 1.29 is 66.3 Å². The highest BCUT2D eigenvalue weighted by molar-refractivity contribution is 6.02. The van der Waals surface area contributed by atoms with Crippen LogP contribution in [-0.2, 0) is 27.4 Å². The van der Waals surface area contributed by atoms with Crippen LogP contribution in [0.3, 0.4) is 0 Å². The lowest BCUT2D eigenvalue weighted by atomic mass is 9.46. The van der Waals surface area contributed by atoms with E-state index in [1.807, 2.05) is 43.6 Å². The van der Waals surface area contributed by atoms with Crippen molar-refractivity contribution in [3.63, 3.8) is 0 Å². The summed E-state index contributed by atoms with van der Waals surface area (Å²) in [5.74, 6) is -5.15. The summed E-state index contributed by atoms with van der Waals surface area (Å²) >= 11 is 0. The average Bonchev–Trinajstić information content (AvgIpc) is 1.69. The van der Waals surface area contributed by atoms with Crippen molar-refractivity contribution in [1.29, 1.82) is 0 Å². The molecule has 3 aromatic heterocycles.